The predicted octanol–water partition coefficient (Wildman–Crippen LogP) is 6.89. The van der Waals surface area contributed by atoms with Crippen molar-refractivity contribution in [1.82, 2.24) is 0 Å². The Bertz CT molecular complexity index is 768. The molecule has 2 aromatic rings. The molecular weight excluding hydrogens is 344 g/mol. The van der Waals surface area contributed by atoms with Crippen LogP contribution < -0.4 is 0 Å². The summed E-state index contributed by atoms with van der Waals surface area (Å²) in [6, 6.07) is 19.7. The third-order valence-electron chi connectivity index (χ3n) is 5.10. The van der Waals surface area contributed by atoms with Gasteiger partial charge in [-0.05, 0) is 66.5 Å². The van der Waals surface area contributed by atoms with E-state index < -0.39 is 0 Å². The van der Waals surface area contributed by atoms with Gasteiger partial charge >= 0.3 is 0 Å². The van der Waals surface area contributed by atoms with Crippen molar-refractivity contribution >= 4 is 21.5 Å². The third kappa shape index (κ3) is 3.07. The first-order valence-corrected chi connectivity index (χ1v) is 9.34. The molecule has 0 spiro atoms. The van der Waals surface area contributed by atoms with Crippen LogP contribution in [-0.4, -0.2) is 0 Å². The van der Waals surface area contributed by atoms with Crippen LogP contribution in [0.5, 0.6) is 0 Å². The highest BCUT2D eigenvalue weighted by Gasteiger charge is 2.25. The Hall–Kier alpha value is -1.60. The number of hydrogen-bond donors (Lipinski definition) is 0. The Morgan fingerprint density at radius 2 is 1.70 bits per heavy atom. The molecule has 0 amide bonds. The van der Waals surface area contributed by atoms with Crippen LogP contribution in [-0.2, 0) is 0 Å². The molecule has 0 fully saturated rings. The highest BCUT2D eigenvalue weighted by Crippen LogP contribution is 2.45. The minimum atomic E-state index is 0.500. The molecule has 0 radical (unpaired) electrons. The second-order valence-electron chi connectivity index (χ2n) is 6.60. The topological polar surface area (TPSA) is 0 Å². The van der Waals surface area contributed by atoms with E-state index in [1.165, 1.54) is 53.3 Å². The summed E-state index contributed by atoms with van der Waals surface area (Å²) >= 11 is 3.62. The maximum atomic E-state index is 3.62. The zero-order valence-corrected chi connectivity index (χ0v) is 14.9. The SMILES string of the molecule is Brc1cccc(C2C=C(c3ccccc3)C3=C(CCCC3)C2)c1. The van der Waals surface area contributed by atoms with E-state index in [1.807, 2.05) is 0 Å². The molecule has 2 aliphatic carbocycles. The van der Waals surface area contributed by atoms with Crippen molar-refractivity contribution in [2.45, 2.75) is 38.0 Å². The molecule has 2 aliphatic rings. The molecule has 0 saturated carbocycles. The summed E-state index contributed by atoms with van der Waals surface area (Å²) in [7, 11) is 0. The molecule has 0 bridgehead atoms. The van der Waals surface area contributed by atoms with E-state index in [4.69, 9.17) is 0 Å². The lowest BCUT2D eigenvalue weighted by molar-refractivity contribution is 0.634. The minimum absolute atomic E-state index is 0.500. The van der Waals surface area contributed by atoms with Gasteiger partial charge in [-0.25, -0.2) is 0 Å². The van der Waals surface area contributed by atoms with E-state index >= 15 is 0 Å². The van der Waals surface area contributed by atoms with Gasteiger partial charge in [0, 0.05) is 10.4 Å². The summed E-state index contributed by atoms with van der Waals surface area (Å²) < 4.78 is 1.17. The van der Waals surface area contributed by atoms with Crippen molar-refractivity contribution in [3.8, 4) is 0 Å². The Balaban J connectivity index is 1.79. The average Bonchev–Trinajstić information content (AvgIpc) is 2.61. The number of hydrogen-bond acceptors (Lipinski definition) is 0. The lowest BCUT2D eigenvalue weighted by atomic mass is 9.74. The molecular formula is C22H21Br. The van der Waals surface area contributed by atoms with Gasteiger partial charge in [-0.15, -0.1) is 0 Å². The molecule has 2 aromatic carbocycles. The van der Waals surface area contributed by atoms with Gasteiger partial charge in [0.05, 0.1) is 0 Å². The fraction of sp³-hybridized carbons (Fsp3) is 0.273. The van der Waals surface area contributed by atoms with Crippen LogP contribution in [0, 0.1) is 0 Å². The lowest BCUT2D eigenvalue weighted by Gasteiger charge is -2.31. The smallest absolute Gasteiger partial charge is 0.0178 e. The highest BCUT2D eigenvalue weighted by atomic mass is 79.9. The number of benzene rings is 2. The van der Waals surface area contributed by atoms with Crippen LogP contribution in [0.2, 0.25) is 0 Å². The summed E-state index contributed by atoms with van der Waals surface area (Å²) in [6.07, 6.45) is 8.94. The average molecular weight is 365 g/mol. The van der Waals surface area contributed by atoms with Crippen LogP contribution in [0.4, 0.5) is 0 Å². The maximum Gasteiger partial charge on any atom is 0.0178 e. The van der Waals surface area contributed by atoms with E-state index in [9.17, 15) is 0 Å². The van der Waals surface area contributed by atoms with Crippen LogP contribution in [0.1, 0.15) is 49.1 Å². The Labute approximate surface area is 147 Å². The molecule has 23 heavy (non-hydrogen) atoms. The molecule has 0 saturated heterocycles. The minimum Gasteiger partial charge on any atom is -0.0685 e. The zero-order chi connectivity index (χ0) is 15.6. The fourth-order valence-corrected chi connectivity index (χ4v) is 4.40. The highest BCUT2D eigenvalue weighted by molar-refractivity contribution is 9.10. The monoisotopic (exact) mass is 364 g/mol. The van der Waals surface area contributed by atoms with Crippen molar-refractivity contribution < 1.29 is 0 Å². The molecule has 1 atom stereocenters. The summed E-state index contributed by atoms with van der Waals surface area (Å²) in [4.78, 5) is 0. The van der Waals surface area contributed by atoms with Gasteiger partial charge < -0.3 is 0 Å². The second-order valence-corrected chi connectivity index (χ2v) is 7.52. The molecule has 0 aromatic heterocycles. The van der Waals surface area contributed by atoms with Gasteiger partial charge in [0.25, 0.3) is 0 Å². The summed E-state index contributed by atoms with van der Waals surface area (Å²) in [5, 5.41) is 0. The molecule has 0 heterocycles. The molecule has 1 heteroatoms. The maximum absolute atomic E-state index is 3.62. The van der Waals surface area contributed by atoms with Crippen LogP contribution in [0.25, 0.3) is 5.57 Å². The van der Waals surface area contributed by atoms with E-state index in [2.05, 4.69) is 76.6 Å². The van der Waals surface area contributed by atoms with Gasteiger partial charge in [-0.1, -0.05) is 70.0 Å². The Morgan fingerprint density at radius 3 is 2.52 bits per heavy atom. The first-order valence-electron chi connectivity index (χ1n) is 8.55. The molecule has 0 nitrogen and oxygen atoms in total. The molecule has 116 valence electrons. The molecule has 0 aliphatic heterocycles. The Morgan fingerprint density at radius 1 is 0.870 bits per heavy atom. The largest absolute Gasteiger partial charge is 0.0685 e. The summed E-state index contributed by atoms with van der Waals surface area (Å²) in [5.41, 5.74) is 7.61. The van der Waals surface area contributed by atoms with Crippen molar-refractivity contribution in [1.29, 1.82) is 0 Å². The van der Waals surface area contributed by atoms with Crippen LogP contribution >= 0.6 is 15.9 Å². The Kier molecular flexibility index (Phi) is 4.22. The first kappa shape index (κ1) is 15.0. The van der Waals surface area contributed by atoms with E-state index in [1.54, 1.807) is 11.1 Å². The van der Waals surface area contributed by atoms with Crippen LogP contribution in [0.15, 0.2) is 76.3 Å². The molecule has 0 N–H and O–H groups in total. The third-order valence-corrected chi connectivity index (χ3v) is 5.60. The quantitative estimate of drug-likeness (QED) is 0.543. The zero-order valence-electron chi connectivity index (χ0n) is 13.3. The standard InChI is InChI=1S/C22H21Br/c23-20-11-6-10-17(14-20)19-13-18-9-4-5-12-21(18)22(15-19)16-7-2-1-3-8-16/h1-3,6-8,10-11,14-15,19H,4-5,9,12-13H2. The normalized spacial score (nSPS) is 20.9. The summed E-state index contributed by atoms with van der Waals surface area (Å²) in [5.74, 6) is 0.500. The van der Waals surface area contributed by atoms with Gasteiger partial charge in [0.2, 0.25) is 0 Å². The number of halogens is 1. The van der Waals surface area contributed by atoms with E-state index in [0.717, 1.165) is 0 Å². The predicted molar refractivity (Wildman–Crippen MR) is 101 cm³/mol. The van der Waals surface area contributed by atoms with Gasteiger partial charge in [-0.2, -0.15) is 0 Å². The van der Waals surface area contributed by atoms with E-state index in [0.29, 0.717) is 5.92 Å². The van der Waals surface area contributed by atoms with E-state index in [-0.39, 0.29) is 0 Å². The van der Waals surface area contributed by atoms with Crippen LogP contribution in [0.3, 0.4) is 0 Å². The number of rotatable bonds is 2. The lowest BCUT2D eigenvalue weighted by Crippen LogP contribution is -2.12. The second kappa shape index (κ2) is 6.49. The van der Waals surface area contributed by atoms with Gasteiger partial charge in [0.1, 0.15) is 0 Å². The van der Waals surface area contributed by atoms with Gasteiger partial charge in [-0.3, -0.25) is 0 Å². The number of allylic oxidation sites excluding steroid dienone is 4. The molecule has 4 rings (SSSR count). The van der Waals surface area contributed by atoms with Crippen molar-refractivity contribution in [3.05, 3.63) is 87.4 Å². The fourth-order valence-electron chi connectivity index (χ4n) is 3.98. The summed E-state index contributed by atoms with van der Waals surface area (Å²) in [6.45, 7) is 0. The van der Waals surface area contributed by atoms with Crippen molar-refractivity contribution in [2.24, 2.45) is 0 Å². The first-order chi connectivity index (χ1) is 11.3. The van der Waals surface area contributed by atoms with Crippen molar-refractivity contribution in [2.75, 3.05) is 0 Å². The van der Waals surface area contributed by atoms with Gasteiger partial charge in [0.15, 0.2) is 0 Å². The molecule has 1 unspecified atom stereocenters. The van der Waals surface area contributed by atoms with Crippen molar-refractivity contribution in [3.63, 3.8) is 0 Å².